The minimum absolute atomic E-state index is 0.0111. The fourth-order valence-electron chi connectivity index (χ4n) is 10.4. The fourth-order valence-corrected chi connectivity index (χ4v) is 10.4. The van der Waals surface area contributed by atoms with Gasteiger partial charge in [0, 0.05) is 11.3 Å². The van der Waals surface area contributed by atoms with Gasteiger partial charge in [-0.1, -0.05) is 59.6 Å². The van der Waals surface area contributed by atoms with E-state index in [1.165, 1.54) is 18.9 Å². The Hall–Kier alpha value is -3.65. The SMILES string of the molecule is COc1ccc(-c2ccc(O)c3c2C[C@]2(C)C[C@]4(C)C(C(C)C)C(=O)C(C(C)=O)C(=O)[C@]4(O)C(=O)C2C3=O)cc1CC1CCC(C)CC1. The number of aliphatic hydroxyl groups is 1. The van der Waals surface area contributed by atoms with Crippen LogP contribution in [0.5, 0.6) is 11.5 Å². The Morgan fingerprint density at radius 1 is 1.00 bits per heavy atom. The van der Waals surface area contributed by atoms with E-state index in [1.54, 1.807) is 33.9 Å². The van der Waals surface area contributed by atoms with Gasteiger partial charge in [-0.2, -0.15) is 0 Å². The number of aromatic hydroxyl groups is 1. The molecule has 8 nitrogen and oxygen atoms in total. The minimum Gasteiger partial charge on any atom is -0.507 e. The van der Waals surface area contributed by atoms with Crippen LogP contribution >= 0.6 is 0 Å². The van der Waals surface area contributed by atoms with E-state index in [1.807, 2.05) is 19.1 Å². The molecule has 2 aromatic carbocycles. The summed E-state index contributed by atoms with van der Waals surface area (Å²) in [6.07, 6.45) is 5.82. The Morgan fingerprint density at radius 2 is 1.67 bits per heavy atom. The number of hydrogen-bond acceptors (Lipinski definition) is 8. The lowest BCUT2D eigenvalue weighted by Crippen LogP contribution is -2.76. The number of fused-ring (bicyclic) bond motifs is 3. The Morgan fingerprint density at radius 3 is 2.27 bits per heavy atom. The van der Waals surface area contributed by atoms with Crippen molar-refractivity contribution in [1.29, 1.82) is 0 Å². The van der Waals surface area contributed by atoms with Crippen molar-refractivity contribution in [2.24, 2.45) is 46.3 Å². The number of ether oxygens (including phenoxy) is 1. The molecule has 0 aliphatic heterocycles. The standard InChI is InChI=1S/C40H48O8/c1-20(2)32-34(43)30(22(4)41)36(45)40(47)37(46)33-35(44)31-27(18-38(33,5)19-39(32,40)6)26(13-14-28(31)42)24-12-15-29(48-7)25(17-24)16-23-10-8-21(3)9-11-23/h12-15,17,20-21,23,30,32-33,42,47H,8-11,16,18-19H2,1-7H3/t21?,23?,30?,32?,33?,38-,39-,40+/m1/s1. The third-order valence-electron chi connectivity index (χ3n) is 12.5. The number of phenolic OH excluding ortho intramolecular Hbond substituents is 1. The van der Waals surface area contributed by atoms with Crippen LogP contribution < -0.4 is 4.74 Å². The molecule has 3 unspecified atom stereocenters. The zero-order chi connectivity index (χ0) is 35.1. The molecule has 48 heavy (non-hydrogen) atoms. The molecule has 256 valence electrons. The number of Topliss-reactive ketones (excluding diaryl/α,β-unsaturated/α-hetero) is 5. The average molecular weight is 657 g/mol. The van der Waals surface area contributed by atoms with Crippen LogP contribution in [0.2, 0.25) is 0 Å². The molecule has 2 N–H and O–H groups in total. The van der Waals surface area contributed by atoms with E-state index >= 15 is 0 Å². The molecular formula is C40H48O8. The molecule has 4 aliphatic carbocycles. The zero-order valence-electron chi connectivity index (χ0n) is 29.1. The van der Waals surface area contributed by atoms with Crippen LogP contribution in [0.4, 0.5) is 0 Å². The van der Waals surface area contributed by atoms with Crippen LogP contribution in [0, 0.1) is 46.3 Å². The van der Waals surface area contributed by atoms with Crippen LogP contribution in [-0.4, -0.2) is 51.8 Å². The van der Waals surface area contributed by atoms with Crippen molar-refractivity contribution in [2.45, 2.75) is 92.1 Å². The molecule has 0 bridgehead atoms. The van der Waals surface area contributed by atoms with E-state index in [2.05, 4.69) is 13.0 Å². The van der Waals surface area contributed by atoms with Crippen molar-refractivity contribution in [3.8, 4) is 22.6 Å². The minimum atomic E-state index is -2.71. The van der Waals surface area contributed by atoms with Gasteiger partial charge in [-0.25, -0.2) is 0 Å². The average Bonchev–Trinajstić information content (AvgIpc) is 3.00. The number of carbonyl (C=O) groups excluding carboxylic acids is 5. The maximum atomic E-state index is 14.6. The fraction of sp³-hybridized carbons (Fsp3) is 0.575. The van der Waals surface area contributed by atoms with Gasteiger partial charge < -0.3 is 14.9 Å². The van der Waals surface area contributed by atoms with E-state index in [0.29, 0.717) is 11.5 Å². The summed E-state index contributed by atoms with van der Waals surface area (Å²) >= 11 is 0. The predicted octanol–water partition coefficient (Wildman–Crippen LogP) is 6.14. The maximum absolute atomic E-state index is 14.6. The lowest BCUT2D eigenvalue weighted by Gasteiger charge is -2.61. The molecule has 4 aliphatic rings. The second-order valence-corrected chi connectivity index (χ2v) is 16.2. The lowest BCUT2D eigenvalue weighted by molar-refractivity contribution is -0.205. The molecule has 0 amide bonds. The Bertz CT molecular complexity index is 1730. The highest BCUT2D eigenvalue weighted by molar-refractivity contribution is 6.32. The largest absolute Gasteiger partial charge is 0.507 e. The van der Waals surface area contributed by atoms with Gasteiger partial charge in [0.25, 0.3) is 0 Å². The second kappa shape index (κ2) is 11.7. The number of hydrogen-bond donors (Lipinski definition) is 2. The Kier molecular flexibility index (Phi) is 8.38. The number of benzene rings is 2. The van der Waals surface area contributed by atoms with E-state index in [0.717, 1.165) is 54.5 Å². The van der Waals surface area contributed by atoms with Gasteiger partial charge in [-0.15, -0.1) is 0 Å². The van der Waals surface area contributed by atoms with E-state index in [9.17, 15) is 34.2 Å². The van der Waals surface area contributed by atoms with Crippen molar-refractivity contribution >= 4 is 28.9 Å². The summed E-state index contributed by atoms with van der Waals surface area (Å²) in [6.45, 7) is 10.4. The molecule has 0 spiro atoms. The number of phenols is 1. The molecule has 0 aromatic heterocycles. The highest BCUT2D eigenvalue weighted by Crippen LogP contribution is 2.64. The van der Waals surface area contributed by atoms with Gasteiger partial charge in [0.2, 0.25) is 0 Å². The smallest absolute Gasteiger partial charge is 0.190 e. The van der Waals surface area contributed by atoms with Crippen LogP contribution in [0.1, 0.15) is 95.1 Å². The molecular weight excluding hydrogens is 608 g/mol. The van der Waals surface area contributed by atoms with Gasteiger partial charge in [0.1, 0.15) is 23.2 Å². The predicted molar refractivity (Wildman–Crippen MR) is 180 cm³/mol. The van der Waals surface area contributed by atoms with Gasteiger partial charge in [-0.3, -0.25) is 24.0 Å². The first-order valence-electron chi connectivity index (χ1n) is 17.4. The number of carbonyl (C=O) groups is 5. The van der Waals surface area contributed by atoms with Crippen LogP contribution in [0.25, 0.3) is 11.1 Å². The van der Waals surface area contributed by atoms with Crippen LogP contribution in [-0.2, 0) is 32.0 Å². The number of ketones is 5. The summed E-state index contributed by atoms with van der Waals surface area (Å²) in [7, 11) is 1.66. The summed E-state index contributed by atoms with van der Waals surface area (Å²) in [5.41, 5.74) is -2.05. The Balaban J connectivity index is 1.47. The zero-order valence-corrected chi connectivity index (χ0v) is 29.1. The molecule has 2 aromatic rings. The highest BCUT2D eigenvalue weighted by Gasteiger charge is 2.76. The van der Waals surface area contributed by atoms with Crippen LogP contribution in [0.15, 0.2) is 30.3 Å². The van der Waals surface area contributed by atoms with Gasteiger partial charge >= 0.3 is 0 Å². The van der Waals surface area contributed by atoms with Crippen molar-refractivity contribution in [3.05, 3.63) is 47.0 Å². The van der Waals surface area contributed by atoms with Gasteiger partial charge in [0.15, 0.2) is 28.7 Å². The van der Waals surface area contributed by atoms with Crippen LogP contribution in [0.3, 0.4) is 0 Å². The first-order chi connectivity index (χ1) is 22.5. The molecule has 0 saturated heterocycles. The molecule has 6 atom stereocenters. The van der Waals surface area contributed by atoms with Crippen molar-refractivity contribution in [1.82, 2.24) is 0 Å². The van der Waals surface area contributed by atoms with Gasteiger partial charge in [0.05, 0.1) is 18.6 Å². The van der Waals surface area contributed by atoms with Crippen molar-refractivity contribution in [2.75, 3.05) is 7.11 Å². The van der Waals surface area contributed by atoms with E-state index in [-0.39, 0.29) is 24.2 Å². The Labute approximate surface area is 282 Å². The quantitative estimate of drug-likeness (QED) is 0.354. The monoisotopic (exact) mass is 656 g/mol. The summed E-state index contributed by atoms with van der Waals surface area (Å²) < 4.78 is 5.75. The summed E-state index contributed by atoms with van der Waals surface area (Å²) in [5, 5.41) is 23.4. The summed E-state index contributed by atoms with van der Waals surface area (Å²) in [5.74, 6) is -6.85. The number of rotatable bonds is 6. The normalized spacial score (nSPS) is 34.8. The molecule has 0 radical (unpaired) electrons. The first-order valence-corrected chi connectivity index (χ1v) is 17.4. The molecule has 3 saturated carbocycles. The summed E-state index contributed by atoms with van der Waals surface area (Å²) in [4.78, 5) is 69.4. The third kappa shape index (κ3) is 4.84. The molecule has 0 heterocycles. The lowest BCUT2D eigenvalue weighted by atomic mass is 9.40. The van der Waals surface area contributed by atoms with Crippen molar-refractivity contribution in [3.63, 3.8) is 0 Å². The second-order valence-electron chi connectivity index (χ2n) is 16.2. The topological polar surface area (TPSA) is 135 Å². The van der Waals surface area contributed by atoms with E-state index in [4.69, 9.17) is 4.74 Å². The number of methoxy groups -OCH3 is 1. The van der Waals surface area contributed by atoms with Gasteiger partial charge in [-0.05, 0) is 103 Å². The molecule has 6 rings (SSSR count). The first kappa shape index (κ1) is 34.2. The summed E-state index contributed by atoms with van der Waals surface area (Å²) in [6, 6.07) is 9.23. The van der Waals surface area contributed by atoms with E-state index < -0.39 is 69.0 Å². The molecule has 3 fully saturated rings. The maximum Gasteiger partial charge on any atom is 0.190 e. The third-order valence-corrected chi connectivity index (χ3v) is 12.5. The van der Waals surface area contributed by atoms with Crippen molar-refractivity contribution < 1.29 is 38.9 Å². The highest BCUT2D eigenvalue weighted by atomic mass is 16.5. The molecule has 8 heteroatoms.